The van der Waals surface area contributed by atoms with E-state index in [1.165, 1.54) is 32.1 Å². The lowest BCUT2D eigenvalue weighted by Crippen LogP contribution is -2.40. The van der Waals surface area contributed by atoms with Gasteiger partial charge in [-0.3, -0.25) is 9.59 Å². The molecular weight excluding hydrogens is 851 g/mol. The number of carbonyl (C=O) groups is 3. The van der Waals surface area contributed by atoms with Crippen LogP contribution in [0.25, 0.3) is 0 Å². The van der Waals surface area contributed by atoms with Crippen LogP contribution in [0.4, 0.5) is 0 Å². The summed E-state index contributed by atoms with van der Waals surface area (Å²) in [5, 5.41) is 9.65. The number of nitrogens with zero attached hydrogens (tertiary/aromatic N) is 1. The fourth-order valence-corrected chi connectivity index (χ4v) is 6.68. The van der Waals surface area contributed by atoms with Crippen LogP contribution in [0, 0.1) is 0 Å². The number of hydrogen-bond donors (Lipinski definition) is 1. The molecule has 386 valence electrons. The second kappa shape index (κ2) is 49.4. The maximum absolute atomic E-state index is 12.8. The maximum atomic E-state index is 12.8. The molecule has 2 atom stereocenters. The van der Waals surface area contributed by atoms with Crippen LogP contribution in [-0.2, 0) is 33.3 Å². The van der Waals surface area contributed by atoms with Crippen molar-refractivity contribution in [3.63, 3.8) is 0 Å². The van der Waals surface area contributed by atoms with Crippen molar-refractivity contribution >= 4 is 17.9 Å². The smallest absolute Gasteiger partial charge is 0.361 e. The highest BCUT2D eigenvalue weighted by Gasteiger charge is 2.25. The van der Waals surface area contributed by atoms with E-state index in [2.05, 4.69) is 123 Å². The lowest BCUT2D eigenvalue weighted by atomic mass is 10.1. The summed E-state index contributed by atoms with van der Waals surface area (Å²) in [6.07, 6.45) is 64.6. The summed E-state index contributed by atoms with van der Waals surface area (Å²) in [6, 6.07) is 0. The minimum absolute atomic E-state index is 0.179. The van der Waals surface area contributed by atoms with Gasteiger partial charge in [-0.2, -0.15) is 0 Å². The molecule has 0 amide bonds. The maximum Gasteiger partial charge on any atom is 0.361 e. The first-order chi connectivity index (χ1) is 33.1. The van der Waals surface area contributed by atoms with Gasteiger partial charge >= 0.3 is 17.9 Å². The molecule has 0 spiro atoms. The summed E-state index contributed by atoms with van der Waals surface area (Å²) < 4.78 is 22.7. The third-order valence-electron chi connectivity index (χ3n) is 10.7. The highest BCUT2D eigenvalue weighted by molar-refractivity contribution is 5.71. The molecule has 68 heavy (non-hydrogen) atoms. The van der Waals surface area contributed by atoms with E-state index in [1.54, 1.807) is 0 Å². The first kappa shape index (κ1) is 64.0. The fraction of sp³-hybridized carbons (Fsp3) is 0.644. The van der Waals surface area contributed by atoms with Crippen LogP contribution in [0.3, 0.4) is 0 Å². The molecule has 0 radical (unpaired) electrons. The van der Waals surface area contributed by atoms with Crippen molar-refractivity contribution in [3.05, 3.63) is 109 Å². The van der Waals surface area contributed by atoms with Gasteiger partial charge in [0, 0.05) is 12.8 Å². The van der Waals surface area contributed by atoms with E-state index in [1.807, 2.05) is 21.1 Å². The normalized spacial score (nSPS) is 13.7. The largest absolute Gasteiger partial charge is 0.477 e. The van der Waals surface area contributed by atoms with Gasteiger partial charge in [0.15, 0.2) is 6.10 Å². The molecule has 0 aliphatic carbocycles. The molecule has 9 heteroatoms. The average Bonchev–Trinajstić information content (AvgIpc) is 3.30. The van der Waals surface area contributed by atoms with Crippen molar-refractivity contribution in [1.29, 1.82) is 0 Å². The minimum atomic E-state index is -1.52. The summed E-state index contributed by atoms with van der Waals surface area (Å²) >= 11 is 0. The molecule has 0 bridgehead atoms. The van der Waals surface area contributed by atoms with Gasteiger partial charge in [-0.1, -0.05) is 187 Å². The Morgan fingerprint density at radius 3 is 1.26 bits per heavy atom. The number of hydrogen-bond acceptors (Lipinski definition) is 7. The predicted molar refractivity (Wildman–Crippen MR) is 285 cm³/mol. The predicted octanol–water partition coefficient (Wildman–Crippen LogP) is 15.2. The van der Waals surface area contributed by atoms with Crippen LogP contribution in [0.2, 0.25) is 0 Å². The lowest BCUT2D eigenvalue weighted by Gasteiger charge is -2.25. The number of carboxylic acid groups (broad SMARTS) is 1. The van der Waals surface area contributed by atoms with Crippen molar-refractivity contribution in [2.45, 2.75) is 200 Å². The van der Waals surface area contributed by atoms with Crippen molar-refractivity contribution < 1.29 is 42.9 Å². The Morgan fingerprint density at radius 1 is 0.456 bits per heavy atom. The molecule has 0 aromatic rings. The lowest BCUT2D eigenvalue weighted by molar-refractivity contribution is -0.870. The average molecular weight is 949 g/mol. The third-order valence-corrected chi connectivity index (χ3v) is 10.7. The molecular formula is C59H98NO8+. The monoisotopic (exact) mass is 949 g/mol. The molecule has 0 aromatic carbocycles. The van der Waals surface area contributed by atoms with Crippen molar-refractivity contribution in [2.24, 2.45) is 0 Å². The number of allylic oxidation sites excluding steroid dienone is 18. The number of rotatable bonds is 47. The number of ether oxygens (including phenoxy) is 4. The number of quaternary nitrogens is 1. The number of unbranched alkanes of at least 4 members (excludes halogenated alkanes) is 14. The quantitative estimate of drug-likeness (QED) is 0.0211. The first-order valence-electron chi connectivity index (χ1n) is 26.6. The molecule has 0 aliphatic rings. The third kappa shape index (κ3) is 49.8. The second-order valence-corrected chi connectivity index (χ2v) is 18.4. The summed E-state index contributed by atoms with van der Waals surface area (Å²) in [6.45, 7) is 4.65. The van der Waals surface area contributed by atoms with Crippen molar-refractivity contribution in [3.8, 4) is 0 Å². The van der Waals surface area contributed by atoms with Gasteiger partial charge in [-0.25, -0.2) is 4.79 Å². The number of likely N-dealkylation sites (N-methyl/N-ethyl adjacent to an activating group) is 1. The number of carbonyl (C=O) groups excluding carboxylic acids is 2. The van der Waals surface area contributed by atoms with Gasteiger partial charge in [-0.05, 0) is 96.3 Å². The zero-order valence-corrected chi connectivity index (χ0v) is 43.7. The van der Waals surface area contributed by atoms with Crippen LogP contribution in [0.5, 0.6) is 0 Å². The van der Waals surface area contributed by atoms with Gasteiger partial charge in [0.1, 0.15) is 13.2 Å². The van der Waals surface area contributed by atoms with Gasteiger partial charge < -0.3 is 28.5 Å². The Bertz CT molecular complexity index is 1480. The van der Waals surface area contributed by atoms with Crippen LogP contribution >= 0.6 is 0 Å². The topological polar surface area (TPSA) is 108 Å². The summed E-state index contributed by atoms with van der Waals surface area (Å²) in [5.74, 6) is -2.05. The Labute approximate surface area is 415 Å². The van der Waals surface area contributed by atoms with Crippen LogP contribution in [0.15, 0.2) is 109 Å². The van der Waals surface area contributed by atoms with Crippen molar-refractivity contribution in [1.82, 2.24) is 0 Å². The fourth-order valence-electron chi connectivity index (χ4n) is 6.68. The van der Waals surface area contributed by atoms with Gasteiger partial charge in [0.05, 0.1) is 34.4 Å². The standard InChI is InChI=1S/C59H97NO8/c1-6-8-10-12-14-16-18-19-20-21-22-23-24-25-26-27-28-29-30-31-32-33-34-35-36-37-38-39-40-42-44-46-48-50-57(62)68-55(54-67-59(58(63)64)65-52-51-60(3,4)5)53-66-56(61)49-47-45-43-41-17-15-13-11-9-7-2/h8,10-11,13-14,16,19-20,22-23,25-26,28-29,31-32,34-35,55,59H,6-7,9,12,15,17-18,21,24,27,30,33,36-54H2,1-5H3/p+1/b10-8-,13-11-,16-14-,20-19-,23-22-,26-25-,29-28-,32-31-,35-34-. The minimum Gasteiger partial charge on any atom is -0.477 e. The summed E-state index contributed by atoms with van der Waals surface area (Å²) in [4.78, 5) is 37.2. The number of esters is 2. The molecule has 0 heterocycles. The van der Waals surface area contributed by atoms with Gasteiger partial charge in [0.2, 0.25) is 0 Å². The molecule has 0 saturated carbocycles. The summed E-state index contributed by atoms with van der Waals surface area (Å²) in [5.41, 5.74) is 0. The second-order valence-electron chi connectivity index (χ2n) is 18.4. The molecule has 0 aliphatic heterocycles. The van der Waals surface area contributed by atoms with E-state index < -0.39 is 24.3 Å². The van der Waals surface area contributed by atoms with E-state index >= 15 is 0 Å². The van der Waals surface area contributed by atoms with Crippen molar-refractivity contribution in [2.75, 3.05) is 47.5 Å². The molecule has 1 N–H and O–H groups in total. The Kier molecular flexibility index (Phi) is 46.4. The Hall–Kier alpha value is -4.05. The zero-order chi connectivity index (χ0) is 49.9. The Morgan fingerprint density at radius 2 is 0.838 bits per heavy atom. The van der Waals surface area contributed by atoms with Crippen LogP contribution in [-0.4, -0.2) is 87.4 Å². The molecule has 9 nitrogen and oxygen atoms in total. The molecule has 0 saturated heterocycles. The molecule has 0 fully saturated rings. The molecule has 0 aromatic heterocycles. The van der Waals surface area contributed by atoms with Gasteiger partial charge in [-0.15, -0.1) is 0 Å². The highest BCUT2D eigenvalue weighted by Crippen LogP contribution is 2.14. The number of carboxylic acids is 1. The van der Waals surface area contributed by atoms with E-state index in [4.69, 9.17) is 18.9 Å². The van der Waals surface area contributed by atoms with Crippen LogP contribution < -0.4 is 0 Å². The van der Waals surface area contributed by atoms with Crippen LogP contribution in [0.1, 0.15) is 187 Å². The van der Waals surface area contributed by atoms with E-state index in [9.17, 15) is 19.5 Å². The van der Waals surface area contributed by atoms with Gasteiger partial charge in [0.25, 0.3) is 6.29 Å². The first-order valence-corrected chi connectivity index (χ1v) is 26.6. The van der Waals surface area contributed by atoms with E-state index in [0.717, 1.165) is 122 Å². The SMILES string of the molecule is CC/C=C\C/C=C\C/C=C\C/C=C\C/C=C\C/C=C\C/C=C\C/C=C\CCCCCCCCCCC(=O)OC(COC(=O)CCCCCCC/C=C\CCC)COC(OCC[N+](C)(C)C)C(=O)O. The van der Waals surface area contributed by atoms with E-state index in [0.29, 0.717) is 17.4 Å². The zero-order valence-electron chi connectivity index (χ0n) is 43.7. The summed E-state index contributed by atoms with van der Waals surface area (Å²) in [7, 11) is 5.94. The molecule has 0 rings (SSSR count). The number of aliphatic carboxylic acids is 1. The van der Waals surface area contributed by atoms with E-state index in [-0.39, 0.29) is 38.6 Å². The highest BCUT2D eigenvalue weighted by atomic mass is 16.7. The molecule has 2 unspecified atom stereocenters. The Balaban J connectivity index is 4.22.